The molecule has 0 saturated carbocycles. The summed E-state index contributed by atoms with van der Waals surface area (Å²) < 4.78 is 6.20. The van der Waals surface area contributed by atoms with Gasteiger partial charge >= 0.3 is 0 Å². The molecule has 4 heteroatoms. The van der Waals surface area contributed by atoms with Crippen molar-refractivity contribution in [2.75, 3.05) is 0 Å². The first-order valence-corrected chi connectivity index (χ1v) is 21.0. The van der Waals surface area contributed by atoms with E-state index in [-0.39, 0.29) is 5.41 Å². The average Bonchev–Trinajstić information content (AvgIpc) is 3.65. The number of furan rings is 1. The summed E-state index contributed by atoms with van der Waals surface area (Å²) in [6.07, 6.45) is 9.79. The summed E-state index contributed by atoms with van der Waals surface area (Å²) in [5, 5.41) is 4.42. The molecule has 0 fully saturated rings. The summed E-state index contributed by atoms with van der Waals surface area (Å²) in [6.45, 7) is 4.63. The molecule has 288 valence electrons. The lowest BCUT2D eigenvalue weighted by atomic mass is 9.82. The van der Waals surface area contributed by atoms with Gasteiger partial charge in [-0.25, -0.2) is 15.0 Å². The fourth-order valence-corrected chi connectivity index (χ4v) is 9.74. The van der Waals surface area contributed by atoms with Crippen LogP contribution in [0.1, 0.15) is 42.5 Å². The molecule has 0 bridgehead atoms. The highest BCUT2D eigenvalue weighted by molar-refractivity contribution is 6.09. The van der Waals surface area contributed by atoms with Gasteiger partial charge < -0.3 is 4.42 Å². The van der Waals surface area contributed by atoms with Crippen LogP contribution in [0.4, 0.5) is 0 Å². The molecule has 4 nitrogen and oxygen atoms in total. The number of benzene rings is 8. The zero-order chi connectivity index (χ0) is 40.7. The van der Waals surface area contributed by atoms with Crippen LogP contribution in [0.5, 0.6) is 0 Å². The summed E-state index contributed by atoms with van der Waals surface area (Å²) in [6, 6.07) is 58.2. The Kier molecular flexibility index (Phi) is 7.91. The van der Waals surface area contributed by atoms with E-state index in [9.17, 15) is 0 Å². The van der Waals surface area contributed by atoms with E-state index in [0.29, 0.717) is 17.5 Å². The van der Waals surface area contributed by atoms with Crippen LogP contribution >= 0.6 is 0 Å². The zero-order valence-corrected chi connectivity index (χ0v) is 33.9. The number of hydrogen-bond donors (Lipinski definition) is 0. The second kappa shape index (κ2) is 13.7. The molecule has 0 N–H and O–H groups in total. The van der Waals surface area contributed by atoms with Gasteiger partial charge in [-0.15, -0.1) is 0 Å². The van der Waals surface area contributed by atoms with E-state index in [1.807, 2.05) is 12.1 Å². The largest absolute Gasteiger partial charge is 0.456 e. The Morgan fingerprint density at radius 2 is 0.967 bits per heavy atom. The highest BCUT2D eigenvalue weighted by Crippen LogP contribution is 2.49. The Morgan fingerprint density at radius 1 is 0.393 bits per heavy atom. The predicted molar refractivity (Wildman–Crippen MR) is 252 cm³/mol. The van der Waals surface area contributed by atoms with Crippen LogP contribution in [0.3, 0.4) is 0 Å². The second-order valence-corrected chi connectivity index (χ2v) is 16.6. The van der Waals surface area contributed by atoms with E-state index >= 15 is 0 Å². The third kappa shape index (κ3) is 5.63. The van der Waals surface area contributed by atoms with Gasteiger partial charge in [0, 0.05) is 32.9 Å². The molecule has 2 aliphatic carbocycles. The number of para-hydroxylation sites is 1. The van der Waals surface area contributed by atoms with Gasteiger partial charge in [0.05, 0.1) is 0 Å². The fraction of sp³-hybridized carbons (Fsp3) is 0.0702. The van der Waals surface area contributed by atoms with Gasteiger partial charge in [0.25, 0.3) is 0 Å². The van der Waals surface area contributed by atoms with Gasteiger partial charge in [-0.3, -0.25) is 0 Å². The lowest BCUT2D eigenvalue weighted by Gasteiger charge is -2.22. The molecular formula is C57H39N3O. The predicted octanol–water partition coefficient (Wildman–Crippen LogP) is 15.0. The van der Waals surface area contributed by atoms with E-state index in [4.69, 9.17) is 19.4 Å². The van der Waals surface area contributed by atoms with Gasteiger partial charge in [0.15, 0.2) is 17.5 Å². The molecular weight excluding hydrogens is 743 g/mol. The number of rotatable bonds is 5. The van der Waals surface area contributed by atoms with Crippen LogP contribution in [-0.2, 0) is 5.41 Å². The highest BCUT2D eigenvalue weighted by atomic mass is 16.3. The molecule has 12 rings (SSSR count). The molecule has 0 radical (unpaired) electrons. The molecule has 0 amide bonds. The monoisotopic (exact) mass is 781 g/mol. The molecule has 0 saturated heterocycles. The first-order valence-electron chi connectivity index (χ1n) is 21.0. The maximum absolute atomic E-state index is 6.20. The van der Waals surface area contributed by atoms with E-state index in [1.165, 1.54) is 33.4 Å². The smallest absolute Gasteiger partial charge is 0.164 e. The van der Waals surface area contributed by atoms with Crippen LogP contribution in [-0.4, -0.2) is 15.0 Å². The normalized spacial score (nSPS) is 13.7. The van der Waals surface area contributed by atoms with Gasteiger partial charge in [-0.1, -0.05) is 166 Å². The zero-order valence-electron chi connectivity index (χ0n) is 33.9. The minimum absolute atomic E-state index is 0.167. The first-order chi connectivity index (χ1) is 30.0. The van der Waals surface area contributed by atoms with Gasteiger partial charge in [-0.05, 0) is 109 Å². The van der Waals surface area contributed by atoms with Crippen molar-refractivity contribution in [3.8, 4) is 67.5 Å². The number of aromatic nitrogens is 3. The summed E-state index contributed by atoms with van der Waals surface area (Å²) in [7, 11) is 0. The highest BCUT2D eigenvalue weighted by Gasteiger charge is 2.35. The van der Waals surface area contributed by atoms with Crippen LogP contribution in [0.15, 0.2) is 180 Å². The Bertz CT molecular complexity index is 3480. The number of fused-ring (bicyclic) bond motifs is 8. The van der Waals surface area contributed by atoms with Gasteiger partial charge in [0.1, 0.15) is 11.2 Å². The minimum Gasteiger partial charge on any atom is -0.456 e. The van der Waals surface area contributed by atoms with E-state index < -0.39 is 0 Å². The Hall–Kier alpha value is -7.69. The fourth-order valence-electron chi connectivity index (χ4n) is 9.74. The van der Waals surface area contributed by atoms with E-state index in [0.717, 1.165) is 78.1 Å². The molecule has 2 aromatic heterocycles. The Labute approximate surface area is 354 Å². The van der Waals surface area contributed by atoms with Crippen molar-refractivity contribution in [2.45, 2.75) is 25.7 Å². The molecule has 0 atom stereocenters. The summed E-state index contributed by atoms with van der Waals surface area (Å²) in [4.78, 5) is 16.1. The first kappa shape index (κ1) is 35.3. The van der Waals surface area contributed by atoms with Crippen molar-refractivity contribution in [3.63, 3.8) is 0 Å². The maximum atomic E-state index is 6.20. The molecule has 61 heavy (non-hydrogen) atoms. The molecule has 0 spiro atoms. The number of hydrogen-bond acceptors (Lipinski definition) is 4. The lowest BCUT2D eigenvalue weighted by Crippen LogP contribution is -2.15. The van der Waals surface area contributed by atoms with Crippen LogP contribution in [0.25, 0.3) is 112 Å². The molecule has 2 aliphatic rings. The Morgan fingerprint density at radius 3 is 1.80 bits per heavy atom. The average molecular weight is 782 g/mol. The van der Waals surface area contributed by atoms with Gasteiger partial charge in [-0.2, -0.15) is 0 Å². The topological polar surface area (TPSA) is 51.8 Å². The third-order valence-corrected chi connectivity index (χ3v) is 12.8. The van der Waals surface area contributed by atoms with Crippen molar-refractivity contribution in [1.29, 1.82) is 0 Å². The van der Waals surface area contributed by atoms with Crippen LogP contribution in [0.2, 0.25) is 0 Å². The quantitative estimate of drug-likeness (QED) is 0.174. The second-order valence-electron chi connectivity index (χ2n) is 16.6. The summed E-state index contributed by atoms with van der Waals surface area (Å²) >= 11 is 0. The van der Waals surface area contributed by atoms with Crippen LogP contribution < -0.4 is 0 Å². The number of allylic oxidation sites excluding steroid dienone is 2. The lowest BCUT2D eigenvalue weighted by molar-refractivity contribution is 0.660. The van der Waals surface area contributed by atoms with E-state index in [2.05, 4.69) is 190 Å². The third-order valence-electron chi connectivity index (χ3n) is 12.8. The summed E-state index contributed by atoms with van der Waals surface area (Å²) in [5.41, 5.74) is 16.6. The van der Waals surface area contributed by atoms with Crippen LogP contribution in [0, 0.1) is 0 Å². The van der Waals surface area contributed by atoms with E-state index in [1.54, 1.807) is 0 Å². The number of nitrogens with zero attached hydrogens (tertiary/aromatic N) is 3. The minimum atomic E-state index is -0.167. The molecule has 8 aromatic carbocycles. The van der Waals surface area contributed by atoms with Crippen molar-refractivity contribution in [2.24, 2.45) is 0 Å². The Balaban J connectivity index is 1.07. The standard InChI is InChI=1S/C57H39N3O/c1-57(2)50-23-13-11-21-44(50)45-27-25-37(34-51(45)57)54-58-55(47-30-28-38(35-15-5-3-6-16-35)40-17-7-4-8-18-42(40)47)60-56(59-54)48-31-29-39(41-19-9-10-20-43(41)48)36-26-32-53-49(33-36)46-22-12-14-24-52(46)61-53/h3,5-34H,4H2,1-2H3. The van der Waals surface area contributed by atoms with Crippen molar-refractivity contribution >= 4 is 44.9 Å². The van der Waals surface area contributed by atoms with Crippen molar-refractivity contribution in [3.05, 3.63) is 198 Å². The molecule has 10 aromatic rings. The van der Waals surface area contributed by atoms with Crippen molar-refractivity contribution in [1.82, 2.24) is 15.0 Å². The maximum Gasteiger partial charge on any atom is 0.164 e. The summed E-state index contributed by atoms with van der Waals surface area (Å²) in [5.74, 6) is 1.93. The van der Waals surface area contributed by atoms with Crippen molar-refractivity contribution < 1.29 is 4.42 Å². The SMILES string of the molecule is CC1(C)c2ccccc2-c2ccc(-c3nc(-c4ccc(-c5ccccc5)c5c4C=CCC=C5)nc(-c4ccc(-c5ccc6oc7ccccc7c6c5)c5ccccc45)n3)cc21. The molecule has 0 unspecified atom stereocenters. The van der Waals surface area contributed by atoms with Gasteiger partial charge in [0.2, 0.25) is 0 Å². The molecule has 2 heterocycles. The molecule has 0 aliphatic heterocycles.